The van der Waals surface area contributed by atoms with Gasteiger partial charge in [-0.1, -0.05) is 18.2 Å². The standard InChI is InChI=1S/C21H24N2O5S/c1-14-7-10-17(29(25,26)22-15-8-9-15)11-18(14)21(24)23(2)12-16-13-27-19-5-3-4-6-20(19)28-16/h3-7,10-11,15-16,22H,8-9,12-13H2,1-2H3. The van der Waals surface area contributed by atoms with Crippen molar-refractivity contribution in [1.82, 2.24) is 9.62 Å². The molecule has 1 saturated carbocycles. The second-order valence-corrected chi connectivity index (χ2v) is 9.27. The number of amides is 1. The van der Waals surface area contributed by atoms with Crippen LogP contribution in [-0.2, 0) is 10.0 Å². The minimum Gasteiger partial charge on any atom is -0.486 e. The molecule has 2 aliphatic rings. The number of nitrogens with zero attached hydrogens (tertiary/aromatic N) is 1. The number of nitrogens with one attached hydrogen (secondary N) is 1. The summed E-state index contributed by atoms with van der Waals surface area (Å²) in [5, 5.41) is 0. The Hall–Kier alpha value is -2.58. The van der Waals surface area contributed by atoms with Crippen molar-refractivity contribution < 1.29 is 22.7 Å². The summed E-state index contributed by atoms with van der Waals surface area (Å²) >= 11 is 0. The number of benzene rings is 2. The lowest BCUT2D eigenvalue weighted by Crippen LogP contribution is -2.42. The molecule has 2 aromatic carbocycles. The van der Waals surface area contributed by atoms with Crippen molar-refractivity contribution in [2.24, 2.45) is 0 Å². The fraction of sp³-hybridized carbons (Fsp3) is 0.381. The molecule has 4 rings (SSSR count). The Labute approximate surface area is 170 Å². The second kappa shape index (κ2) is 7.68. The van der Waals surface area contributed by atoms with Crippen molar-refractivity contribution in [3.63, 3.8) is 0 Å². The third-order valence-electron chi connectivity index (χ3n) is 5.04. The lowest BCUT2D eigenvalue weighted by molar-refractivity contribution is 0.0520. The molecule has 1 fully saturated rings. The molecule has 1 amide bonds. The Kier molecular flexibility index (Phi) is 5.23. The molecule has 0 radical (unpaired) electrons. The van der Waals surface area contributed by atoms with E-state index in [0.29, 0.717) is 30.2 Å². The second-order valence-electron chi connectivity index (χ2n) is 7.56. The molecular formula is C21H24N2O5S. The van der Waals surface area contributed by atoms with Crippen LogP contribution in [0.5, 0.6) is 11.5 Å². The maximum atomic E-state index is 13.0. The van der Waals surface area contributed by atoms with Crippen LogP contribution >= 0.6 is 0 Å². The van der Waals surface area contributed by atoms with Crippen molar-refractivity contribution in [1.29, 1.82) is 0 Å². The number of carbonyl (C=O) groups excluding carboxylic acids is 1. The van der Waals surface area contributed by atoms with Crippen LogP contribution in [0.4, 0.5) is 0 Å². The normalized spacial score (nSPS) is 18.3. The molecule has 8 heteroatoms. The molecule has 1 atom stereocenters. The number of para-hydroxylation sites is 2. The van der Waals surface area contributed by atoms with Gasteiger partial charge in [0.05, 0.1) is 11.4 Å². The quantitative estimate of drug-likeness (QED) is 0.781. The molecule has 1 N–H and O–H groups in total. The highest BCUT2D eigenvalue weighted by Crippen LogP contribution is 2.31. The van der Waals surface area contributed by atoms with Crippen LogP contribution in [0.15, 0.2) is 47.4 Å². The van der Waals surface area contributed by atoms with Gasteiger partial charge in [-0.2, -0.15) is 0 Å². The molecule has 2 aromatic rings. The van der Waals surface area contributed by atoms with Crippen LogP contribution in [0, 0.1) is 6.92 Å². The molecule has 0 aromatic heterocycles. The Bertz CT molecular complexity index is 1030. The summed E-state index contributed by atoms with van der Waals surface area (Å²) in [5.74, 6) is 1.09. The van der Waals surface area contributed by atoms with E-state index in [0.717, 1.165) is 18.4 Å². The summed E-state index contributed by atoms with van der Waals surface area (Å²) in [6.45, 7) is 2.46. The third-order valence-corrected chi connectivity index (χ3v) is 6.56. The van der Waals surface area contributed by atoms with E-state index in [4.69, 9.17) is 9.47 Å². The van der Waals surface area contributed by atoms with Crippen molar-refractivity contribution in [3.05, 3.63) is 53.6 Å². The van der Waals surface area contributed by atoms with Gasteiger partial charge in [-0.05, 0) is 49.6 Å². The maximum absolute atomic E-state index is 13.0. The number of ether oxygens (including phenoxy) is 2. The van der Waals surface area contributed by atoms with E-state index in [9.17, 15) is 13.2 Å². The van der Waals surface area contributed by atoms with Gasteiger partial charge in [-0.3, -0.25) is 4.79 Å². The van der Waals surface area contributed by atoms with E-state index < -0.39 is 10.0 Å². The van der Waals surface area contributed by atoms with Gasteiger partial charge < -0.3 is 14.4 Å². The molecular weight excluding hydrogens is 392 g/mol. The molecule has 7 nitrogen and oxygen atoms in total. The Balaban J connectivity index is 1.48. The van der Waals surface area contributed by atoms with Crippen molar-refractivity contribution in [2.45, 2.75) is 36.8 Å². The molecule has 1 unspecified atom stereocenters. The third kappa shape index (κ3) is 4.38. The zero-order chi connectivity index (χ0) is 20.6. The zero-order valence-electron chi connectivity index (χ0n) is 16.4. The highest BCUT2D eigenvalue weighted by Gasteiger charge is 2.29. The number of fused-ring (bicyclic) bond motifs is 1. The van der Waals surface area contributed by atoms with E-state index in [1.807, 2.05) is 24.3 Å². The number of aryl methyl sites for hydroxylation is 1. The number of hydrogen-bond donors (Lipinski definition) is 1. The van der Waals surface area contributed by atoms with Crippen LogP contribution in [0.2, 0.25) is 0 Å². The van der Waals surface area contributed by atoms with Crippen molar-refractivity contribution >= 4 is 15.9 Å². The van der Waals surface area contributed by atoms with Crippen LogP contribution < -0.4 is 14.2 Å². The average Bonchev–Trinajstić information content (AvgIpc) is 3.51. The van der Waals surface area contributed by atoms with E-state index >= 15 is 0 Å². The monoisotopic (exact) mass is 416 g/mol. The first-order valence-electron chi connectivity index (χ1n) is 9.60. The predicted molar refractivity (Wildman–Crippen MR) is 108 cm³/mol. The number of sulfonamides is 1. The van der Waals surface area contributed by atoms with Crippen LogP contribution in [0.25, 0.3) is 0 Å². The van der Waals surface area contributed by atoms with E-state index in [1.165, 1.54) is 17.0 Å². The molecule has 29 heavy (non-hydrogen) atoms. The van der Waals surface area contributed by atoms with Crippen LogP contribution in [-0.4, -0.2) is 51.6 Å². The topological polar surface area (TPSA) is 84.9 Å². The molecule has 0 saturated heterocycles. The molecule has 1 aliphatic heterocycles. The number of hydrogen-bond acceptors (Lipinski definition) is 5. The minimum absolute atomic E-state index is 0.00876. The highest BCUT2D eigenvalue weighted by atomic mass is 32.2. The fourth-order valence-corrected chi connectivity index (χ4v) is 4.57. The van der Waals surface area contributed by atoms with Gasteiger partial charge in [0.2, 0.25) is 10.0 Å². The first-order valence-corrected chi connectivity index (χ1v) is 11.1. The largest absolute Gasteiger partial charge is 0.486 e. The summed E-state index contributed by atoms with van der Waals surface area (Å²) in [4.78, 5) is 14.7. The first kappa shape index (κ1) is 19.7. The first-order chi connectivity index (χ1) is 13.8. The summed E-state index contributed by atoms with van der Waals surface area (Å²) in [5.41, 5.74) is 1.08. The Morgan fingerprint density at radius 1 is 1.17 bits per heavy atom. The van der Waals surface area contributed by atoms with Gasteiger partial charge in [-0.25, -0.2) is 13.1 Å². The van der Waals surface area contributed by atoms with E-state index in [-0.39, 0.29) is 22.9 Å². The highest BCUT2D eigenvalue weighted by molar-refractivity contribution is 7.89. The maximum Gasteiger partial charge on any atom is 0.254 e. The molecule has 1 heterocycles. The van der Waals surface area contributed by atoms with Gasteiger partial charge in [0.25, 0.3) is 5.91 Å². The summed E-state index contributed by atoms with van der Waals surface area (Å²) < 4.78 is 39.3. The van der Waals surface area contributed by atoms with E-state index in [2.05, 4.69) is 4.72 Å². The van der Waals surface area contributed by atoms with Gasteiger partial charge >= 0.3 is 0 Å². The Morgan fingerprint density at radius 3 is 2.62 bits per heavy atom. The summed E-state index contributed by atoms with van der Waals surface area (Å²) in [6.07, 6.45) is 1.40. The van der Waals surface area contributed by atoms with Gasteiger partial charge in [-0.15, -0.1) is 0 Å². The molecule has 154 valence electrons. The SMILES string of the molecule is Cc1ccc(S(=O)(=O)NC2CC2)cc1C(=O)N(C)CC1COc2ccccc2O1. The van der Waals surface area contributed by atoms with E-state index in [1.54, 1.807) is 20.0 Å². The van der Waals surface area contributed by atoms with Gasteiger partial charge in [0.15, 0.2) is 17.6 Å². The zero-order valence-corrected chi connectivity index (χ0v) is 17.2. The molecule has 0 bridgehead atoms. The van der Waals surface area contributed by atoms with Gasteiger partial charge in [0.1, 0.15) is 6.61 Å². The lowest BCUT2D eigenvalue weighted by atomic mass is 10.1. The smallest absolute Gasteiger partial charge is 0.254 e. The number of carbonyl (C=O) groups is 1. The number of rotatable bonds is 6. The van der Waals surface area contributed by atoms with Crippen molar-refractivity contribution in [2.75, 3.05) is 20.2 Å². The Morgan fingerprint density at radius 2 is 1.90 bits per heavy atom. The summed E-state index contributed by atoms with van der Waals surface area (Å²) in [7, 11) is -1.95. The average molecular weight is 416 g/mol. The summed E-state index contributed by atoms with van der Waals surface area (Å²) in [6, 6.07) is 12.1. The fourth-order valence-electron chi connectivity index (χ4n) is 3.23. The van der Waals surface area contributed by atoms with Crippen molar-refractivity contribution in [3.8, 4) is 11.5 Å². The van der Waals surface area contributed by atoms with Crippen LogP contribution in [0.3, 0.4) is 0 Å². The molecule has 1 aliphatic carbocycles. The van der Waals surface area contributed by atoms with Gasteiger partial charge in [0, 0.05) is 18.7 Å². The molecule has 0 spiro atoms. The van der Waals surface area contributed by atoms with Crippen LogP contribution in [0.1, 0.15) is 28.8 Å². The predicted octanol–water partition coefficient (Wildman–Crippen LogP) is 2.35. The number of likely N-dealkylation sites (N-methyl/N-ethyl adjacent to an activating group) is 1. The lowest BCUT2D eigenvalue weighted by Gasteiger charge is -2.29. The minimum atomic E-state index is -3.62.